The molecule has 2 N–H and O–H groups in total. The summed E-state index contributed by atoms with van der Waals surface area (Å²) >= 11 is 0. The third-order valence-electron chi connectivity index (χ3n) is 1.19. The van der Waals surface area contributed by atoms with Crippen LogP contribution in [0, 0.1) is 0 Å². The first-order valence-electron chi connectivity index (χ1n) is 2.98. The highest BCUT2D eigenvalue weighted by Gasteiger charge is 2.21. The van der Waals surface area contributed by atoms with Crippen molar-refractivity contribution in [2.24, 2.45) is 0 Å². The maximum atomic E-state index is 10.3. The van der Waals surface area contributed by atoms with E-state index in [0.717, 1.165) is 0 Å². The van der Waals surface area contributed by atoms with Crippen molar-refractivity contribution in [1.82, 2.24) is 0 Å². The number of rotatable bonds is 4. The van der Waals surface area contributed by atoms with Crippen molar-refractivity contribution in [1.29, 1.82) is 0 Å². The Labute approximate surface area is 58.5 Å². The second kappa shape index (κ2) is 4.14. The Morgan fingerprint density at radius 3 is 2.40 bits per heavy atom. The van der Waals surface area contributed by atoms with Gasteiger partial charge < -0.3 is 10.2 Å². The summed E-state index contributed by atoms with van der Waals surface area (Å²) in [6, 6.07) is 0. The number of carbonyl (C=O) groups excluding carboxylic acids is 2. The smallest absolute Gasteiger partial charge is 0.226 e. The van der Waals surface area contributed by atoms with Crippen molar-refractivity contribution in [2.45, 2.75) is 25.6 Å². The van der Waals surface area contributed by atoms with Crippen molar-refractivity contribution >= 4 is 12.1 Å². The standard InChI is InChI=1S/C6H10O4/c1-2-4(8)6(10)5(9)3-7/h3-4,6,8,10H,2H2,1H3. The first-order valence-corrected chi connectivity index (χ1v) is 2.98. The molecule has 0 amide bonds. The van der Waals surface area contributed by atoms with Gasteiger partial charge in [-0.05, 0) is 6.42 Å². The Kier molecular flexibility index (Phi) is 3.83. The number of aliphatic hydroxyl groups is 2. The molecule has 0 radical (unpaired) electrons. The summed E-state index contributed by atoms with van der Waals surface area (Å²) < 4.78 is 0. The lowest BCUT2D eigenvalue weighted by Gasteiger charge is -2.10. The van der Waals surface area contributed by atoms with E-state index in [-0.39, 0.29) is 12.7 Å². The summed E-state index contributed by atoms with van der Waals surface area (Å²) in [6.45, 7) is 1.60. The number of aliphatic hydroxyl groups excluding tert-OH is 2. The monoisotopic (exact) mass is 146 g/mol. The number of ketones is 1. The summed E-state index contributed by atoms with van der Waals surface area (Å²) in [5.74, 6) is -0.977. The molecule has 0 aromatic carbocycles. The average Bonchev–Trinajstić information content (AvgIpc) is 2.00. The summed E-state index contributed by atoms with van der Waals surface area (Å²) in [5, 5.41) is 17.6. The van der Waals surface area contributed by atoms with Gasteiger partial charge in [0.1, 0.15) is 6.10 Å². The van der Waals surface area contributed by atoms with Crippen LogP contribution in [0.1, 0.15) is 13.3 Å². The van der Waals surface area contributed by atoms with Crippen LogP contribution in [0.5, 0.6) is 0 Å². The van der Waals surface area contributed by atoms with Gasteiger partial charge in [0.05, 0.1) is 6.10 Å². The zero-order valence-electron chi connectivity index (χ0n) is 5.65. The molecule has 0 aliphatic rings. The minimum absolute atomic E-state index is 0.00352. The van der Waals surface area contributed by atoms with Crippen LogP contribution in [0.3, 0.4) is 0 Å². The van der Waals surface area contributed by atoms with Crippen molar-refractivity contribution in [2.75, 3.05) is 0 Å². The number of aldehydes is 1. The van der Waals surface area contributed by atoms with Crippen LogP contribution in [0.4, 0.5) is 0 Å². The predicted molar refractivity (Wildman–Crippen MR) is 33.4 cm³/mol. The van der Waals surface area contributed by atoms with Gasteiger partial charge in [0.2, 0.25) is 5.78 Å². The third-order valence-corrected chi connectivity index (χ3v) is 1.19. The fourth-order valence-electron chi connectivity index (χ4n) is 0.483. The topological polar surface area (TPSA) is 74.6 Å². The van der Waals surface area contributed by atoms with E-state index in [1.54, 1.807) is 6.92 Å². The van der Waals surface area contributed by atoms with Gasteiger partial charge in [0, 0.05) is 0 Å². The second-order valence-corrected chi connectivity index (χ2v) is 1.94. The molecule has 0 aromatic heterocycles. The Morgan fingerprint density at radius 1 is 1.60 bits per heavy atom. The molecule has 0 saturated carbocycles. The molecule has 0 bridgehead atoms. The molecule has 4 nitrogen and oxygen atoms in total. The van der Waals surface area contributed by atoms with Gasteiger partial charge in [-0.2, -0.15) is 0 Å². The molecule has 0 aromatic rings. The molecular formula is C6H10O4. The van der Waals surface area contributed by atoms with E-state index in [0.29, 0.717) is 0 Å². The van der Waals surface area contributed by atoms with E-state index in [9.17, 15) is 9.59 Å². The molecule has 0 rings (SSSR count). The van der Waals surface area contributed by atoms with Crippen molar-refractivity contribution in [3.63, 3.8) is 0 Å². The number of hydrogen-bond donors (Lipinski definition) is 2. The Morgan fingerprint density at radius 2 is 2.10 bits per heavy atom. The highest BCUT2D eigenvalue weighted by atomic mass is 16.3. The SMILES string of the molecule is CCC(O)C(O)C(=O)C=O. The summed E-state index contributed by atoms with van der Waals surface area (Å²) in [4.78, 5) is 20.1. The Bertz CT molecular complexity index is 132. The van der Waals surface area contributed by atoms with Crippen molar-refractivity contribution < 1.29 is 19.8 Å². The van der Waals surface area contributed by atoms with E-state index >= 15 is 0 Å². The van der Waals surface area contributed by atoms with Gasteiger partial charge in [0.15, 0.2) is 6.29 Å². The molecule has 0 saturated heterocycles. The minimum atomic E-state index is -1.55. The first kappa shape index (κ1) is 9.26. The van der Waals surface area contributed by atoms with Gasteiger partial charge in [0.25, 0.3) is 0 Å². The van der Waals surface area contributed by atoms with Gasteiger partial charge in [-0.15, -0.1) is 0 Å². The Hall–Kier alpha value is -0.740. The molecule has 2 unspecified atom stereocenters. The fourth-order valence-corrected chi connectivity index (χ4v) is 0.483. The zero-order valence-corrected chi connectivity index (χ0v) is 5.65. The van der Waals surface area contributed by atoms with Crippen LogP contribution >= 0.6 is 0 Å². The van der Waals surface area contributed by atoms with E-state index < -0.39 is 18.0 Å². The van der Waals surface area contributed by atoms with Crippen LogP contribution in [0.25, 0.3) is 0 Å². The molecule has 0 aliphatic carbocycles. The molecule has 0 heterocycles. The van der Waals surface area contributed by atoms with Gasteiger partial charge >= 0.3 is 0 Å². The highest BCUT2D eigenvalue weighted by Crippen LogP contribution is 1.97. The lowest BCUT2D eigenvalue weighted by molar-refractivity contribution is -0.139. The maximum absolute atomic E-state index is 10.3. The van der Waals surface area contributed by atoms with E-state index in [1.807, 2.05) is 0 Å². The van der Waals surface area contributed by atoms with Gasteiger partial charge in [-0.25, -0.2) is 0 Å². The number of carbonyl (C=O) groups is 2. The Balaban J connectivity index is 3.93. The lowest BCUT2D eigenvalue weighted by Crippen LogP contribution is -2.33. The van der Waals surface area contributed by atoms with Crippen LogP contribution in [-0.4, -0.2) is 34.5 Å². The van der Waals surface area contributed by atoms with E-state index in [4.69, 9.17) is 10.2 Å². The molecule has 0 aliphatic heterocycles. The van der Waals surface area contributed by atoms with E-state index in [1.165, 1.54) is 0 Å². The quantitative estimate of drug-likeness (QED) is 0.389. The maximum Gasteiger partial charge on any atom is 0.226 e. The molecule has 58 valence electrons. The van der Waals surface area contributed by atoms with Crippen LogP contribution in [-0.2, 0) is 9.59 Å². The third kappa shape index (κ3) is 2.24. The molecule has 4 heteroatoms. The molecule has 2 atom stereocenters. The van der Waals surface area contributed by atoms with Crippen molar-refractivity contribution in [3.05, 3.63) is 0 Å². The second-order valence-electron chi connectivity index (χ2n) is 1.94. The molecule has 0 spiro atoms. The molecule has 0 fully saturated rings. The average molecular weight is 146 g/mol. The molecular weight excluding hydrogens is 136 g/mol. The first-order chi connectivity index (χ1) is 4.63. The fraction of sp³-hybridized carbons (Fsp3) is 0.667. The van der Waals surface area contributed by atoms with Gasteiger partial charge in [-0.3, -0.25) is 9.59 Å². The summed E-state index contributed by atoms with van der Waals surface area (Å²) in [6.07, 6.45) is -2.43. The summed E-state index contributed by atoms with van der Waals surface area (Å²) in [5.41, 5.74) is 0. The minimum Gasteiger partial charge on any atom is -0.390 e. The largest absolute Gasteiger partial charge is 0.390 e. The normalized spacial score (nSPS) is 15.9. The predicted octanol–water partition coefficient (Wildman–Crippen LogP) is -1.11. The molecule has 10 heavy (non-hydrogen) atoms. The van der Waals surface area contributed by atoms with Crippen LogP contribution in [0.2, 0.25) is 0 Å². The number of hydrogen-bond acceptors (Lipinski definition) is 4. The summed E-state index contributed by atoms with van der Waals surface area (Å²) in [7, 11) is 0. The van der Waals surface area contributed by atoms with E-state index in [2.05, 4.69) is 0 Å². The van der Waals surface area contributed by atoms with Crippen LogP contribution in [0.15, 0.2) is 0 Å². The highest BCUT2D eigenvalue weighted by molar-refractivity contribution is 6.27. The lowest BCUT2D eigenvalue weighted by atomic mass is 10.1. The number of Topliss-reactive ketones (excluding diaryl/α,β-unsaturated/α-hetero) is 1. The van der Waals surface area contributed by atoms with Gasteiger partial charge in [-0.1, -0.05) is 6.92 Å². The van der Waals surface area contributed by atoms with Crippen LogP contribution < -0.4 is 0 Å². The zero-order chi connectivity index (χ0) is 8.15. The van der Waals surface area contributed by atoms with Crippen molar-refractivity contribution in [3.8, 4) is 0 Å².